The minimum absolute atomic E-state index is 0.184. The highest BCUT2D eigenvalue weighted by molar-refractivity contribution is 6.11. The molecular formula is C20H26N5O3+. The number of nitrogens with one attached hydrogen (secondary N) is 2. The van der Waals surface area contributed by atoms with Crippen molar-refractivity contribution < 1.29 is 19.1 Å². The molecule has 0 saturated carbocycles. The van der Waals surface area contributed by atoms with E-state index in [9.17, 15) is 4.79 Å². The maximum Gasteiger partial charge on any atom is 0.282 e. The smallest absolute Gasteiger partial charge is 0.282 e. The highest BCUT2D eigenvalue weighted by atomic mass is 16.6. The number of carbonyl (C=O) groups is 1. The molecule has 0 radical (unpaired) electrons. The molecule has 1 amide bonds. The number of hydrogen-bond donors (Lipinski definition) is 3. The van der Waals surface area contributed by atoms with Gasteiger partial charge in [-0.25, -0.2) is 0 Å². The second kappa shape index (κ2) is 9.29. The average molecular weight is 384 g/mol. The van der Waals surface area contributed by atoms with Gasteiger partial charge in [-0.2, -0.15) is 0 Å². The molecule has 8 heteroatoms. The average Bonchev–Trinajstić information content (AvgIpc) is 2.74. The Labute approximate surface area is 164 Å². The topological polar surface area (TPSA) is 105 Å². The van der Waals surface area contributed by atoms with E-state index in [1.54, 1.807) is 30.5 Å². The summed E-state index contributed by atoms with van der Waals surface area (Å²) in [5, 5.41) is 11.4. The van der Waals surface area contributed by atoms with Gasteiger partial charge in [0.25, 0.3) is 11.6 Å². The number of benzene rings is 1. The SMILES string of the molecule is CO[n+]1cc(C(=O)NCCN2CCOCC2)ccc1C(=N)c1ccccc1N. The number of para-hydroxylation sites is 1. The van der Waals surface area contributed by atoms with Crippen molar-refractivity contribution in [2.24, 2.45) is 0 Å². The van der Waals surface area contributed by atoms with Crippen molar-refractivity contribution in [3.05, 3.63) is 59.4 Å². The number of amides is 1. The van der Waals surface area contributed by atoms with Gasteiger partial charge in [-0.05, 0) is 12.1 Å². The van der Waals surface area contributed by atoms with Crippen LogP contribution in [0, 0.1) is 5.41 Å². The molecule has 1 fully saturated rings. The summed E-state index contributed by atoms with van der Waals surface area (Å²) < 4.78 is 6.73. The first-order valence-corrected chi connectivity index (χ1v) is 9.22. The molecular weight excluding hydrogens is 358 g/mol. The summed E-state index contributed by atoms with van der Waals surface area (Å²) in [6.07, 6.45) is 1.58. The lowest BCUT2D eigenvalue weighted by Gasteiger charge is -2.26. The summed E-state index contributed by atoms with van der Waals surface area (Å²) in [5.74, 6) is -0.184. The first-order chi connectivity index (χ1) is 13.6. The summed E-state index contributed by atoms with van der Waals surface area (Å²) in [6, 6.07) is 10.5. The Kier molecular flexibility index (Phi) is 6.57. The summed E-state index contributed by atoms with van der Waals surface area (Å²) >= 11 is 0. The van der Waals surface area contributed by atoms with Crippen LogP contribution < -0.4 is 20.6 Å². The Bertz CT molecular complexity index is 849. The van der Waals surface area contributed by atoms with Crippen LogP contribution in [0.5, 0.6) is 0 Å². The zero-order chi connectivity index (χ0) is 19.9. The van der Waals surface area contributed by atoms with Crippen molar-refractivity contribution in [3.8, 4) is 0 Å². The first-order valence-electron chi connectivity index (χ1n) is 9.22. The number of nitrogen functional groups attached to an aromatic ring is 1. The molecule has 0 bridgehead atoms. The van der Waals surface area contributed by atoms with Crippen LogP contribution in [-0.4, -0.2) is 63.0 Å². The van der Waals surface area contributed by atoms with Crippen molar-refractivity contribution >= 4 is 17.3 Å². The summed E-state index contributed by atoms with van der Waals surface area (Å²) in [4.78, 5) is 20.1. The lowest BCUT2D eigenvalue weighted by atomic mass is 10.0. The number of anilines is 1. The third kappa shape index (κ3) is 4.65. The number of nitrogens with zero attached hydrogens (tertiary/aromatic N) is 2. The molecule has 1 aromatic heterocycles. The van der Waals surface area contributed by atoms with E-state index < -0.39 is 0 Å². The van der Waals surface area contributed by atoms with Crippen molar-refractivity contribution in [1.82, 2.24) is 10.2 Å². The van der Waals surface area contributed by atoms with Crippen LogP contribution in [0.3, 0.4) is 0 Å². The van der Waals surface area contributed by atoms with Gasteiger partial charge in [0, 0.05) is 48.2 Å². The fraction of sp³-hybridized carbons (Fsp3) is 0.350. The van der Waals surface area contributed by atoms with E-state index in [0.29, 0.717) is 29.1 Å². The number of hydrogen-bond acceptors (Lipinski definition) is 6. The van der Waals surface area contributed by atoms with Crippen LogP contribution in [-0.2, 0) is 4.74 Å². The van der Waals surface area contributed by atoms with E-state index >= 15 is 0 Å². The second-order valence-corrected chi connectivity index (χ2v) is 6.48. The Morgan fingerprint density at radius 1 is 1.29 bits per heavy atom. The van der Waals surface area contributed by atoms with Crippen molar-refractivity contribution in [1.29, 1.82) is 5.41 Å². The maximum absolute atomic E-state index is 12.5. The summed E-state index contributed by atoms with van der Waals surface area (Å²) in [5.41, 5.74) is 8.29. The van der Waals surface area contributed by atoms with Gasteiger partial charge in [0.05, 0.1) is 13.2 Å². The highest BCUT2D eigenvalue weighted by Crippen LogP contribution is 2.14. The molecule has 0 aliphatic carbocycles. The molecule has 1 aliphatic rings. The van der Waals surface area contributed by atoms with Crippen molar-refractivity contribution in [3.63, 3.8) is 0 Å². The van der Waals surface area contributed by atoms with Crippen LogP contribution in [0.2, 0.25) is 0 Å². The van der Waals surface area contributed by atoms with Crippen LogP contribution in [0.15, 0.2) is 42.6 Å². The van der Waals surface area contributed by atoms with Gasteiger partial charge in [-0.3, -0.25) is 19.9 Å². The quantitative estimate of drug-likeness (QED) is 0.357. The highest BCUT2D eigenvalue weighted by Gasteiger charge is 2.23. The molecule has 2 heterocycles. The van der Waals surface area contributed by atoms with Crippen LogP contribution in [0.4, 0.5) is 5.69 Å². The molecule has 3 rings (SSSR count). The summed E-state index contributed by atoms with van der Waals surface area (Å²) in [6.45, 7) is 4.60. The molecule has 148 valence electrons. The minimum atomic E-state index is -0.184. The third-order valence-electron chi connectivity index (χ3n) is 4.68. The number of morpholine rings is 1. The molecule has 4 N–H and O–H groups in total. The van der Waals surface area contributed by atoms with Gasteiger partial charge in [0.1, 0.15) is 18.4 Å². The van der Waals surface area contributed by atoms with Crippen LogP contribution in [0.25, 0.3) is 0 Å². The van der Waals surface area contributed by atoms with E-state index in [2.05, 4.69) is 10.2 Å². The minimum Gasteiger partial charge on any atom is -0.398 e. The predicted molar refractivity (Wildman–Crippen MR) is 106 cm³/mol. The normalized spacial score (nSPS) is 14.5. The Hall–Kier alpha value is -2.97. The number of nitrogens with two attached hydrogens (primary N) is 1. The molecule has 0 unspecified atom stereocenters. The van der Waals surface area contributed by atoms with Crippen molar-refractivity contribution in [2.75, 3.05) is 52.2 Å². The molecule has 1 aromatic carbocycles. The third-order valence-corrected chi connectivity index (χ3v) is 4.68. The summed E-state index contributed by atoms with van der Waals surface area (Å²) in [7, 11) is 1.49. The monoisotopic (exact) mass is 384 g/mol. The van der Waals surface area contributed by atoms with Crippen LogP contribution >= 0.6 is 0 Å². The first kappa shape index (κ1) is 19.8. The standard InChI is InChI=1S/C20H25N5O3/c1-27-25-14-15(20(26)23-8-9-24-10-12-28-13-11-24)6-7-18(25)19(22)16-4-2-3-5-17(16)21/h2-7,14H,8-13H2,1H3,(H3-,21,22,23,26)/p+1. The number of pyridine rings is 1. The molecule has 8 nitrogen and oxygen atoms in total. The van der Waals surface area contributed by atoms with Gasteiger partial charge in [0.15, 0.2) is 0 Å². The lowest BCUT2D eigenvalue weighted by Crippen LogP contribution is -2.47. The predicted octanol–water partition coefficient (Wildman–Crippen LogP) is 0.0929. The molecule has 1 aliphatic heterocycles. The molecule has 0 spiro atoms. The fourth-order valence-corrected chi connectivity index (χ4v) is 3.08. The molecule has 28 heavy (non-hydrogen) atoms. The molecule has 1 saturated heterocycles. The number of ether oxygens (including phenoxy) is 1. The van der Waals surface area contributed by atoms with Crippen LogP contribution in [0.1, 0.15) is 21.6 Å². The van der Waals surface area contributed by atoms with E-state index in [1.165, 1.54) is 11.8 Å². The zero-order valence-electron chi connectivity index (χ0n) is 16.0. The lowest BCUT2D eigenvalue weighted by molar-refractivity contribution is -0.886. The van der Waals surface area contributed by atoms with E-state index in [1.807, 2.05) is 12.1 Å². The number of rotatable bonds is 7. The number of carbonyl (C=O) groups excluding carboxylic acids is 1. The molecule has 2 aromatic rings. The Balaban J connectivity index is 1.67. The van der Waals surface area contributed by atoms with Crippen molar-refractivity contribution in [2.45, 2.75) is 0 Å². The van der Waals surface area contributed by atoms with Gasteiger partial charge >= 0.3 is 0 Å². The van der Waals surface area contributed by atoms with Gasteiger partial charge in [-0.15, -0.1) is 0 Å². The second-order valence-electron chi connectivity index (χ2n) is 6.48. The Morgan fingerprint density at radius 2 is 2.04 bits per heavy atom. The molecule has 0 atom stereocenters. The fourth-order valence-electron chi connectivity index (χ4n) is 3.08. The van der Waals surface area contributed by atoms with Gasteiger partial charge in [0.2, 0.25) is 6.20 Å². The Morgan fingerprint density at radius 3 is 2.75 bits per heavy atom. The maximum atomic E-state index is 12.5. The number of aromatic nitrogens is 1. The van der Waals surface area contributed by atoms with E-state index in [0.717, 1.165) is 32.8 Å². The van der Waals surface area contributed by atoms with Gasteiger partial charge in [-0.1, -0.05) is 18.2 Å². The van der Waals surface area contributed by atoms with E-state index in [4.69, 9.17) is 20.7 Å². The largest absolute Gasteiger partial charge is 0.398 e. The van der Waals surface area contributed by atoms with E-state index in [-0.39, 0.29) is 11.6 Å². The zero-order valence-corrected chi connectivity index (χ0v) is 16.0. The van der Waals surface area contributed by atoms with Gasteiger partial charge < -0.3 is 15.8 Å².